The lowest BCUT2D eigenvalue weighted by Crippen LogP contribution is -2.45. The Morgan fingerprint density at radius 2 is 2.21 bits per heavy atom. The van der Waals surface area contributed by atoms with Crippen LogP contribution in [0.2, 0.25) is 0 Å². The summed E-state index contributed by atoms with van der Waals surface area (Å²) in [6, 6.07) is 1.33. The van der Waals surface area contributed by atoms with Gasteiger partial charge in [0.15, 0.2) is 0 Å². The molecule has 0 aliphatic carbocycles. The largest absolute Gasteiger partial charge is 0.394 e. The van der Waals surface area contributed by atoms with Gasteiger partial charge in [-0.15, -0.1) is 0 Å². The van der Waals surface area contributed by atoms with E-state index in [0.717, 1.165) is 12.1 Å². The Kier molecular flexibility index (Phi) is 6.11. The normalized spacial score (nSPS) is 19.7. The summed E-state index contributed by atoms with van der Waals surface area (Å²) in [5.74, 6) is 0. The molecule has 0 spiro atoms. The molecule has 134 valence electrons. The van der Waals surface area contributed by atoms with Gasteiger partial charge in [0, 0.05) is 10.5 Å². The van der Waals surface area contributed by atoms with Crippen molar-refractivity contribution in [1.29, 1.82) is 0 Å². The molecule has 1 saturated heterocycles. The highest BCUT2D eigenvalue weighted by atomic mass is 79.9. The average molecular weight is 426 g/mol. The summed E-state index contributed by atoms with van der Waals surface area (Å²) < 4.78 is 33.7. The van der Waals surface area contributed by atoms with Gasteiger partial charge in [-0.2, -0.15) is 0 Å². The number of aliphatic hydroxyl groups excluding tert-OH is 1. The molecule has 0 radical (unpaired) electrons. The fourth-order valence-electron chi connectivity index (χ4n) is 2.20. The molecule has 0 saturated carbocycles. The number of halogens is 1. The van der Waals surface area contributed by atoms with E-state index in [4.69, 9.17) is 14.6 Å². The van der Waals surface area contributed by atoms with Crippen LogP contribution in [0.3, 0.4) is 0 Å². The average Bonchev–Trinajstić information content (AvgIpc) is 2.53. The van der Waals surface area contributed by atoms with Crippen LogP contribution in [0, 0.1) is 10.1 Å². The number of ether oxygens (including phenoxy) is 2. The molecule has 0 aromatic heterocycles. The van der Waals surface area contributed by atoms with Crippen molar-refractivity contribution >= 4 is 37.3 Å². The van der Waals surface area contributed by atoms with Crippen LogP contribution in [0.25, 0.3) is 0 Å². The second-order valence-electron chi connectivity index (χ2n) is 5.02. The smallest absolute Gasteiger partial charge is 0.294 e. The Morgan fingerprint density at radius 1 is 1.50 bits per heavy atom. The molecule has 0 amide bonds. The minimum Gasteiger partial charge on any atom is -0.394 e. The number of sulfonamides is 1. The van der Waals surface area contributed by atoms with Crippen molar-refractivity contribution in [3.63, 3.8) is 0 Å². The van der Waals surface area contributed by atoms with Crippen molar-refractivity contribution in [1.82, 2.24) is 0 Å². The zero-order chi connectivity index (χ0) is 17.9. The summed E-state index contributed by atoms with van der Waals surface area (Å²) in [7, 11) is -4.11. The molecule has 0 bridgehead atoms. The van der Waals surface area contributed by atoms with Crippen molar-refractivity contribution in [2.24, 2.45) is 5.14 Å². The van der Waals surface area contributed by atoms with Gasteiger partial charge in [-0.3, -0.25) is 10.1 Å². The zero-order valence-corrected chi connectivity index (χ0v) is 14.7. The number of hydrogen-bond donors (Lipinski definition) is 3. The highest BCUT2D eigenvalue weighted by Crippen LogP contribution is 2.36. The number of primary sulfonamides is 1. The topological polar surface area (TPSA) is 154 Å². The van der Waals surface area contributed by atoms with E-state index in [0.29, 0.717) is 13.2 Å². The number of hydrogen-bond acceptors (Lipinski definition) is 8. The van der Waals surface area contributed by atoms with Gasteiger partial charge in [0.2, 0.25) is 10.0 Å². The van der Waals surface area contributed by atoms with E-state index in [1.165, 1.54) is 0 Å². The predicted octanol–water partition coefficient (Wildman–Crippen LogP) is 0.193. The first-order valence-corrected chi connectivity index (χ1v) is 9.15. The van der Waals surface area contributed by atoms with Crippen LogP contribution in [-0.4, -0.2) is 57.0 Å². The van der Waals surface area contributed by atoms with Crippen LogP contribution in [-0.2, 0) is 19.5 Å². The van der Waals surface area contributed by atoms with Crippen LogP contribution in [0.1, 0.15) is 0 Å². The summed E-state index contributed by atoms with van der Waals surface area (Å²) in [6.45, 7) is 0.630. The third-order valence-electron chi connectivity index (χ3n) is 3.39. The third-order valence-corrected chi connectivity index (χ3v) is 4.90. The Morgan fingerprint density at radius 3 is 2.71 bits per heavy atom. The number of nitrogens with two attached hydrogens (primary N) is 1. The lowest BCUT2D eigenvalue weighted by atomic mass is 10.1. The fraction of sp³-hybridized carbons (Fsp3) is 0.500. The highest BCUT2D eigenvalue weighted by Gasteiger charge is 2.29. The quantitative estimate of drug-likeness (QED) is 0.430. The van der Waals surface area contributed by atoms with Crippen molar-refractivity contribution in [2.75, 3.05) is 31.7 Å². The molecule has 1 aliphatic heterocycles. The van der Waals surface area contributed by atoms with Gasteiger partial charge in [-0.1, -0.05) is 0 Å². The molecule has 1 aromatic rings. The molecule has 1 fully saturated rings. The molecule has 10 nitrogen and oxygen atoms in total. The fourth-order valence-corrected chi connectivity index (χ4v) is 3.47. The molecule has 4 N–H and O–H groups in total. The first-order valence-electron chi connectivity index (χ1n) is 6.81. The van der Waals surface area contributed by atoms with Crippen molar-refractivity contribution < 1.29 is 27.9 Å². The van der Waals surface area contributed by atoms with E-state index in [1.54, 1.807) is 0 Å². The number of nitrogens with zero attached hydrogens (tertiary/aromatic N) is 1. The monoisotopic (exact) mass is 425 g/mol. The standard InChI is InChI=1S/C12H16BrN3O7S/c13-8-3-7(24(14,20)21)4-10(16(18)19)12(8)15-9(5-17)11-6-22-1-2-23-11/h3-4,9,11,15,17H,1-2,5-6H2,(H2,14,20,21)/t9-,11+/m0/s1. The summed E-state index contributed by atoms with van der Waals surface area (Å²) >= 11 is 3.10. The van der Waals surface area contributed by atoms with E-state index in [2.05, 4.69) is 21.2 Å². The Balaban J connectivity index is 2.39. The number of nitro groups is 1. The second kappa shape index (κ2) is 7.72. The van der Waals surface area contributed by atoms with Crippen molar-refractivity contribution in [2.45, 2.75) is 17.0 Å². The lowest BCUT2D eigenvalue weighted by Gasteiger charge is -2.30. The van der Waals surface area contributed by atoms with Crippen molar-refractivity contribution in [3.05, 3.63) is 26.7 Å². The first-order chi connectivity index (χ1) is 11.2. The number of nitrogens with one attached hydrogen (secondary N) is 1. The highest BCUT2D eigenvalue weighted by molar-refractivity contribution is 9.10. The SMILES string of the molecule is NS(=O)(=O)c1cc(Br)c(N[C@@H](CO)[C@H]2COCCO2)c([N+](=O)[O-])c1. The predicted molar refractivity (Wildman–Crippen MR) is 87.2 cm³/mol. The van der Waals surface area contributed by atoms with Gasteiger partial charge >= 0.3 is 0 Å². The maximum atomic E-state index is 11.4. The van der Waals surface area contributed by atoms with Gasteiger partial charge in [0.05, 0.1) is 42.3 Å². The van der Waals surface area contributed by atoms with E-state index in [-0.39, 0.29) is 23.4 Å². The number of nitro benzene ring substituents is 1. The summed E-state index contributed by atoms with van der Waals surface area (Å²) in [5, 5.41) is 28.7. The van der Waals surface area contributed by atoms with Crippen LogP contribution in [0.15, 0.2) is 21.5 Å². The summed E-state index contributed by atoms with van der Waals surface area (Å²) in [6.07, 6.45) is -0.506. The van der Waals surface area contributed by atoms with Crippen molar-refractivity contribution in [3.8, 4) is 0 Å². The van der Waals surface area contributed by atoms with Crippen LogP contribution in [0.5, 0.6) is 0 Å². The van der Waals surface area contributed by atoms with E-state index < -0.39 is 37.7 Å². The van der Waals surface area contributed by atoms with E-state index in [9.17, 15) is 23.6 Å². The lowest BCUT2D eigenvalue weighted by molar-refractivity contribution is -0.384. The molecule has 12 heteroatoms. The minimum atomic E-state index is -4.11. The van der Waals surface area contributed by atoms with Gasteiger partial charge in [0.25, 0.3) is 5.69 Å². The maximum Gasteiger partial charge on any atom is 0.294 e. The van der Waals surface area contributed by atoms with Gasteiger partial charge in [-0.25, -0.2) is 13.6 Å². The van der Waals surface area contributed by atoms with Gasteiger partial charge < -0.3 is 19.9 Å². The summed E-state index contributed by atoms with van der Waals surface area (Å²) in [4.78, 5) is 10.1. The van der Waals surface area contributed by atoms with Crippen LogP contribution in [0.4, 0.5) is 11.4 Å². The Labute approximate surface area is 146 Å². The molecular formula is C12H16BrN3O7S. The van der Waals surface area contributed by atoms with Crippen LogP contribution >= 0.6 is 15.9 Å². The molecule has 1 aromatic carbocycles. The molecule has 2 atom stereocenters. The zero-order valence-electron chi connectivity index (χ0n) is 12.3. The number of rotatable bonds is 6. The van der Waals surface area contributed by atoms with Gasteiger partial charge in [0.1, 0.15) is 11.8 Å². The summed E-state index contributed by atoms with van der Waals surface area (Å²) in [5.41, 5.74) is -0.482. The first kappa shape index (κ1) is 19.0. The number of aliphatic hydroxyl groups is 1. The van der Waals surface area contributed by atoms with E-state index >= 15 is 0 Å². The third kappa shape index (κ3) is 4.40. The Hall–Kier alpha value is -1.31. The number of benzene rings is 1. The maximum absolute atomic E-state index is 11.4. The molecule has 1 heterocycles. The second-order valence-corrected chi connectivity index (χ2v) is 7.43. The minimum absolute atomic E-state index is 0.0145. The molecule has 1 aliphatic rings. The molecule has 24 heavy (non-hydrogen) atoms. The van der Waals surface area contributed by atoms with Crippen LogP contribution < -0.4 is 10.5 Å². The molecule has 0 unspecified atom stereocenters. The molecule has 2 rings (SSSR count). The number of anilines is 1. The van der Waals surface area contributed by atoms with E-state index in [1.807, 2.05) is 0 Å². The Bertz CT molecular complexity index is 722. The van der Waals surface area contributed by atoms with Gasteiger partial charge in [-0.05, 0) is 22.0 Å². The molecular weight excluding hydrogens is 410 g/mol.